The van der Waals surface area contributed by atoms with Crippen molar-refractivity contribution in [1.82, 2.24) is 0 Å². The van der Waals surface area contributed by atoms with Crippen molar-refractivity contribution in [2.45, 2.75) is 50.8 Å². The van der Waals surface area contributed by atoms with E-state index in [9.17, 15) is 0 Å². The molecule has 0 spiro atoms. The molecule has 0 radical (unpaired) electrons. The van der Waals surface area contributed by atoms with E-state index in [-0.39, 0.29) is 0 Å². The average Bonchev–Trinajstić information content (AvgIpc) is 2.33. The third-order valence-corrected chi connectivity index (χ3v) is 4.91. The standard InChI is InChI=1S/C15H23NS/c1-11(2)13-6-8-14(9-7-13)16-15-5-4-10-17-12(15)3/h6-9,11-12,15-16H,4-5,10H2,1-3H3. The summed E-state index contributed by atoms with van der Waals surface area (Å²) in [5, 5.41) is 4.41. The fourth-order valence-electron chi connectivity index (χ4n) is 2.29. The maximum atomic E-state index is 3.68. The van der Waals surface area contributed by atoms with Crippen LogP contribution in [0.25, 0.3) is 0 Å². The zero-order chi connectivity index (χ0) is 12.3. The van der Waals surface area contributed by atoms with E-state index in [0.29, 0.717) is 12.0 Å². The lowest BCUT2D eigenvalue weighted by Gasteiger charge is -2.30. The summed E-state index contributed by atoms with van der Waals surface area (Å²) < 4.78 is 0. The second kappa shape index (κ2) is 5.81. The summed E-state index contributed by atoms with van der Waals surface area (Å²) in [4.78, 5) is 0. The van der Waals surface area contributed by atoms with E-state index < -0.39 is 0 Å². The molecule has 0 aliphatic carbocycles. The second-order valence-corrected chi connectivity index (χ2v) is 6.73. The number of hydrogen-bond acceptors (Lipinski definition) is 2. The highest BCUT2D eigenvalue weighted by Gasteiger charge is 2.21. The summed E-state index contributed by atoms with van der Waals surface area (Å²) >= 11 is 2.09. The van der Waals surface area contributed by atoms with Gasteiger partial charge in [-0.1, -0.05) is 32.9 Å². The molecule has 2 unspecified atom stereocenters. The molecule has 1 nitrogen and oxygen atoms in total. The molecule has 0 saturated carbocycles. The van der Waals surface area contributed by atoms with Gasteiger partial charge >= 0.3 is 0 Å². The molecule has 2 rings (SSSR count). The summed E-state index contributed by atoms with van der Waals surface area (Å²) in [6, 6.07) is 9.57. The summed E-state index contributed by atoms with van der Waals surface area (Å²) in [5.74, 6) is 1.94. The largest absolute Gasteiger partial charge is 0.381 e. The van der Waals surface area contributed by atoms with E-state index in [2.05, 4.69) is 62.1 Å². The van der Waals surface area contributed by atoms with E-state index in [1.165, 1.54) is 29.8 Å². The van der Waals surface area contributed by atoms with Gasteiger partial charge in [-0.3, -0.25) is 0 Å². The molecule has 94 valence electrons. The summed E-state index contributed by atoms with van der Waals surface area (Å²) in [5.41, 5.74) is 2.69. The van der Waals surface area contributed by atoms with Gasteiger partial charge in [0.1, 0.15) is 0 Å². The van der Waals surface area contributed by atoms with Crippen LogP contribution in [0.3, 0.4) is 0 Å². The molecule has 1 aliphatic heterocycles. The first-order valence-electron chi connectivity index (χ1n) is 6.65. The van der Waals surface area contributed by atoms with Crippen LogP contribution >= 0.6 is 11.8 Å². The molecule has 1 heterocycles. The normalized spacial score (nSPS) is 24.9. The summed E-state index contributed by atoms with van der Waals surface area (Å²) in [6.07, 6.45) is 2.65. The van der Waals surface area contributed by atoms with E-state index in [0.717, 1.165) is 5.25 Å². The molecule has 1 aromatic rings. The molecule has 2 heteroatoms. The molecule has 1 aromatic carbocycles. The smallest absolute Gasteiger partial charge is 0.0377 e. The predicted octanol–water partition coefficient (Wildman–Crippen LogP) is 4.51. The van der Waals surface area contributed by atoms with Gasteiger partial charge in [0.2, 0.25) is 0 Å². The van der Waals surface area contributed by atoms with Gasteiger partial charge in [0.25, 0.3) is 0 Å². The minimum atomic E-state index is 0.619. The van der Waals surface area contributed by atoms with Crippen LogP contribution in [0.4, 0.5) is 5.69 Å². The van der Waals surface area contributed by atoms with Gasteiger partial charge in [0.05, 0.1) is 0 Å². The third-order valence-electron chi connectivity index (χ3n) is 3.54. The van der Waals surface area contributed by atoms with Crippen LogP contribution in [-0.4, -0.2) is 17.0 Å². The van der Waals surface area contributed by atoms with Crippen molar-refractivity contribution in [1.29, 1.82) is 0 Å². The topological polar surface area (TPSA) is 12.0 Å². The number of anilines is 1. The Morgan fingerprint density at radius 1 is 1.24 bits per heavy atom. The van der Waals surface area contributed by atoms with Crippen LogP contribution in [0, 0.1) is 0 Å². The van der Waals surface area contributed by atoms with Gasteiger partial charge in [-0.05, 0) is 42.2 Å². The molecule has 1 saturated heterocycles. The molecule has 0 aromatic heterocycles. The number of thioether (sulfide) groups is 1. The van der Waals surface area contributed by atoms with Crippen molar-refractivity contribution in [3.63, 3.8) is 0 Å². The maximum Gasteiger partial charge on any atom is 0.0377 e. The molecule has 2 atom stereocenters. The SMILES string of the molecule is CC(C)c1ccc(NC2CCCSC2C)cc1. The summed E-state index contributed by atoms with van der Waals surface area (Å²) in [7, 11) is 0. The molecular formula is C15H23NS. The Balaban J connectivity index is 1.98. The van der Waals surface area contributed by atoms with Gasteiger partial charge in [-0.25, -0.2) is 0 Å². The highest BCUT2D eigenvalue weighted by atomic mass is 32.2. The van der Waals surface area contributed by atoms with Crippen LogP contribution < -0.4 is 5.32 Å². The molecule has 17 heavy (non-hydrogen) atoms. The number of nitrogens with one attached hydrogen (secondary N) is 1. The maximum absolute atomic E-state index is 3.68. The monoisotopic (exact) mass is 249 g/mol. The predicted molar refractivity (Wildman–Crippen MR) is 79.1 cm³/mol. The zero-order valence-electron chi connectivity index (χ0n) is 11.1. The third kappa shape index (κ3) is 3.41. The minimum Gasteiger partial charge on any atom is -0.381 e. The lowest BCUT2D eigenvalue weighted by molar-refractivity contribution is 0.617. The number of rotatable bonds is 3. The Bertz CT molecular complexity index is 344. The Hall–Kier alpha value is -0.630. The Labute approximate surface area is 109 Å². The first-order chi connectivity index (χ1) is 8.16. The molecule has 1 N–H and O–H groups in total. The Morgan fingerprint density at radius 3 is 2.53 bits per heavy atom. The van der Waals surface area contributed by atoms with Crippen LogP contribution in [0.5, 0.6) is 0 Å². The van der Waals surface area contributed by atoms with E-state index >= 15 is 0 Å². The Morgan fingerprint density at radius 2 is 1.94 bits per heavy atom. The molecular weight excluding hydrogens is 226 g/mol. The van der Waals surface area contributed by atoms with E-state index in [1.54, 1.807) is 0 Å². The Kier molecular flexibility index (Phi) is 4.38. The van der Waals surface area contributed by atoms with Gasteiger partial charge in [-0.15, -0.1) is 0 Å². The number of benzene rings is 1. The fraction of sp³-hybridized carbons (Fsp3) is 0.600. The number of hydrogen-bond donors (Lipinski definition) is 1. The van der Waals surface area contributed by atoms with Gasteiger partial charge < -0.3 is 5.32 Å². The lowest BCUT2D eigenvalue weighted by Crippen LogP contribution is -2.32. The highest BCUT2D eigenvalue weighted by Crippen LogP contribution is 2.28. The lowest BCUT2D eigenvalue weighted by atomic mass is 10.0. The first kappa shape index (κ1) is 12.8. The van der Waals surface area contributed by atoms with Crippen molar-refractivity contribution in [2.75, 3.05) is 11.1 Å². The fourth-order valence-corrected chi connectivity index (χ4v) is 3.43. The molecule has 1 aliphatic rings. The van der Waals surface area contributed by atoms with Gasteiger partial charge in [-0.2, -0.15) is 11.8 Å². The minimum absolute atomic E-state index is 0.619. The van der Waals surface area contributed by atoms with Crippen molar-refractivity contribution >= 4 is 17.4 Å². The zero-order valence-corrected chi connectivity index (χ0v) is 11.9. The van der Waals surface area contributed by atoms with Crippen LogP contribution in [0.15, 0.2) is 24.3 Å². The van der Waals surface area contributed by atoms with Crippen LogP contribution in [0.1, 0.15) is 45.1 Å². The average molecular weight is 249 g/mol. The molecule has 0 amide bonds. The van der Waals surface area contributed by atoms with Crippen molar-refractivity contribution in [2.24, 2.45) is 0 Å². The van der Waals surface area contributed by atoms with E-state index in [1.807, 2.05) is 0 Å². The van der Waals surface area contributed by atoms with Crippen LogP contribution in [0.2, 0.25) is 0 Å². The molecule has 1 fully saturated rings. The quantitative estimate of drug-likeness (QED) is 0.846. The van der Waals surface area contributed by atoms with E-state index in [4.69, 9.17) is 0 Å². The van der Waals surface area contributed by atoms with Crippen molar-refractivity contribution in [3.8, 4) is 0 Å². The second-order valence-electron chi connectivity index (χ2n) is 5.25. The highest BCUT2D eigenvalue weighted by molar-refractivity contribution is 8.00. The van der Waals surface area contributed by atoms with Crippen molar-refractivity contribution in [3.05, 3.63) is 29.8 Å². The van der Waals surface area contributed by atoms with Gasteiger partial charge in [0.15, 0.2) is 0 Å². The van der Waals surface area contributed by atoms with Crippen LogP contribution in [-0.2, 0) is 0 Å². The summed E-state index contributed by atoms with van der Waals surface area (Å²) in [6.45, 7) is 6.81. The molecule has 0 bridgehead atoms. The van der Waals surface area contributed by atoms with Crippen molar-refractivity contribution < 1.29 is 0 Å². The first-order valence-corrected chi connectivity index (χ1v) is 7.70. The van der Waals surface area contributed by atoms with Gasteiger partial charge in [0, 0.05) is 17.0 Å².